The van der Waals surface area contributed by atoms with Gasteiger partial charge in [-0.15, -0.1) is 0 Å². The van der Waals surface area contributed by atoms with Gasteiger partial charge in [-0.05, 0) is 43.5 Å². The number of carbonyl (C=O) groups is 2. The number of carbonyl (C=O) groups excluding carboxylic acids is 1. The van der Waals surface area contributed by atoms with Crippen molar-refractivity contribution in [3.63, 3.8) is 0 Å². The minimum absolute atomic E-state index is 0.233. The normalized spacial score (nSPS) is 19.6. The molecule has 1 unspecified atom stereocenters. The molecule has 1 aliphatic heterocycles. The van der Waals surface area contributed by atoms with Crippen LogP contribution in [-0.4, -0.2) is 35.1 Å². The lowest BCUT2D eigenvalue weighted by Gasteiger charge is -2.32. The molecule has 22 heavy (non-hydrogen) atoms. The van der Waals surface area contributed by atoms with Crippen molar-refractivity contribution in [3.05, 3.63) is 33.8 Å². The predicted molar refractivity (Wildman–Crippen MR) is 85.3 cm³/mol. The molecule has 2 atom stereocenters. The molecule has 1 saturated heterocycles. The molecule has 1 aliphatic rings. The number of halogens is 2. The summed E-state index contributed by atoms with van der Waals surface area (Å²) in [6.07, 6.45) is 1.30. The standard InChI is InChI=1S/C15H18Cl2N2O3/c1-9(12-7-11(16)4-5-13(12)17)18-15(22)19-6-2-3-10(8-19)14(20)21/h4-5,7,9-10H,2-3,6,8H2,1H3,(H,18,22)(H,20,21)/t9-,10?/m0/s1. The molecule has 1 heterocycles. The summed E-state index contributed by atoms with van der Waals surface area (Å²) in [5.41, 5.74) is 0.731. The lowest BCUT2D eigenvalue weighted by atomic mass is 9.98. The molecule has 0 aromatic heterocycles. The fourth-order valence-electron chi connectivity index (χ4n) is 2.56. The number of carboxylic acids is 1. The number of nitrogens with zero attached hydrogens (tertiary/aromatic N) is 1. The lowest BCUT2D eigenvalue weighted by Crippen LogP contribution is -2.47. The first-order valence-electron chi connectivity index (χ1n) is 7.11. The van der Waals surface area contributed by atoms with E-state index in [4.69, 9.17) is 28.3 Å². The molecule has 120 valence electrons. The molecule has 0 spiro atoms. The van der Waals surface area contributed by atoms with Crippen molar-refractivity contribution in [2.24, 2.45) is 5.92 Å². The van der Waals surface area contributed by atoms with E-state index in [9.17, 15) is 9.59 Å². The van der Waals surface area contributed by atoms with Crippen LogP contribution < -0.4 is 5.32 Å². The Morgan fingerprint density at radius 2 is 2.14 bits per heavy atom. The second-order valence-electron chi connectivity index (χ2n) is 5.46. The molecule has 2 amide bonds. The molecule has 7 heteroatoms. The van der Waals surface area contributed by atoms with Gasteiger partial charge in [0.25, 0.3) is 0 Å². The number of aliphatic carboxylic acids is 1. The Morgan fingerprint density at radius 1 is 1.41 bits per heavy atom. The van der Waals surface area contributed by atoms with Crippen molar-refractivity contribution in [2.45, 2.75) is 25.8 Å². The number of hydrogen-bond acceptors (Lipinski definition) is 2. The molecule has 1 fully saturated rings. The Labute approximate surface area is 139 Å². The highest BCUT2D eigenvalue weighted by molar-refractivity contribution is 6.33. The van der Waals surface area contributed by atoms with Gasteiger partial charge in [-0.3, -0.25) is 4.79 Å². The first-order chi connectivity index (χ1) is 10.4. The Balaban J connectivity index is 2.01. The van der Waals surface area contributed by atoms with Gasteiger partial charge in [0.1, 0.15) is 0 Å². The zero-order valence-electron chi connectivity index (χ0n) is 12.2. The second kappa shape index (κ2) is 7.20. The highest BCUT2D eigenvalue weighted by Crippen LogP contribution is 2.26. The van der Waals surface area contributed by atoms with E-state index in [1.807, 2.05) is 6.92 Å². The molecule has 1 aromatic carbocycles. The van der Waals surface area contributed by atoms with Crippen LogP contribution in [0.4, 0.5) is 4.79 Å². The molecular weight excluding hydrogens is 327 g/mol. The maximum Gasteiger partial charge on any atom is 0.317 e. The van der Waals surface area contributed by atoms with Gasteiger partial charge in [0.2, 0.25) is 0 Å². The van der Waals surface area contributed by atoms with Crippen LogP contribution in [0.3, 0.4) is 0 Å². The highest BCUT2D eigenvalue weighted by atomic mass is 35.5. The number of likely N-dealkylation sites (tertiary alicyclic amines) is 1. The van der Waals surface area contributed by atoms with Crippen LogP contribution in [0, 0.1) is 5.92 Å². The first-order valence-corrected chi connectivity index (χ1v) is 7.87. The van der Waals surface area contributed by atoms with E-state index < -0.39 is 11.9 Å². The van der Waals surface area contributed by atoms with Gasteiger partial charge in [-0.25, -0.2) is 4.79 Å². The van der Waals surface area contributed by atoms with Crippen molar-refractivity contribution < 1.29 is 14.7 Å². The number of benzene rings is 1. The number of amides is 2. The van der Waals surface area contributed by atoms with E-state index in [1.54, 1.807) is 18.2 Å². The van der Waals surface area contributed by atoms with Crippen LogP contribution in [0.1, 0.15) is 31.4 Å². The summed E-state index contributed by atoms with van der Waals surface area (Å²) in [7, 11) is 0. The number of rotatable bonds is 3. The third-order valence-corrected chi connectivity index (χ3v) is 4.40. The molecule has 2 rings (SSSR count). The maximum atomic E-state index is 12.3. The molecular formula is C15H18Cl2N2O3. The molecule has 0 radical (unpaired) electrons. The van der Waals surface area contributed by atoms with Crippen LogP contribution >= 0.6 is 23.2 Å². The summed E-state index contributed by atoms with van der Waals surface area (Å²) >= 11 is 12.1. The molecule has 1 aromatic rings. The van der Waals surface area contributed by atoms with Gasteiger partial charge in [-0.1, -0.05) is 23.2 Å². The Kier molecular flexibility index (Phi) is 5.53. The van der Waals surface area contributed by atoms with E-state index >= 15 is 0 Å². The molecule has 0 saturated carbocycles. The Bertz CT molecular complexity index is 580. The number of hydrogen-bond donors (Lipinski definition) is 2. The maximum absolute atomic E-state index is 12.3. The van der Waals surface area contributed by atoms with E-state index in [-0.39, 0.29) is 18.6 Å². The summed E-state index contributed by atoms with van der Waals surface area (Å²) in [6, 6.07) is 4.48. The lowest BCUT2D eigenvalue weighted by molar-refractivity contribution is -0.143. The fraction of sp³-hybridized carbons (Fsp3) is 0.467. The number of urea groups is 1. The van der Waals surface area contributed by atoms with E-state index in [1.165, 1.54) is 4.90 Å². The van der Waals surface area contributed by atoms with Crippen LogP contribution in [-0.2, 0) is 4.79 Å². The molecule has 0 bridgehead atoms. The molecule has 2 N–H and O–H groups in total. The summed E-state index contributed by atoms with van der Waals surface area (Å²) in [6.45, 7) is 2.61. The van der Waals surface area contributed by atoms with Crippen LogP contribution in [0.2, 0.25) is 10.0 Å². The van der Waals surface area contributed by atoms with Gasteiger partial charge >= 0.3 is 12.0 Å². The van der Waals surface area contributed by atoms with Gasteiger partial charge < -0.3 is 15.3 Å². The third-order valence-electron chi connectivity index (χ3n) is 3.82. The zero-order valence-corrected chi connectivity index (χ0v) is 13.7. The third kappa shape index (κ3) is 4.05. The van der Waals surface area contributed by atoms with Crippen molar-refractivity contribution in [1.29, 1.82) is 0 Å². The summed E-state index contributed by atoms with van der Waals surface area (Å²) < 4.78 is 0. The average Bonchev–Trinajstić information content (AvgIpc) is 2.49. The van der Waals surface area contributed by atoms with E-state index in [0.717, 1.165) is 5.56 Å². The topological polar surface area (TPSA) is 69.6 Å². The van der Waals surface area contributed by atoms with Gasteiger partial charge in [0, 0.05) is 23.1 Å². The zero-order chi connectivity index (χ0) is 16.3. The van der Waals surface area contributed by atoms with Crippen LogP contribution in [0.15, 0.2) is 18.2 Å². The minimum Gasteiger partial charge on any atom is -0.481 e. The summed E-state index contributed by atoms with van der Waals surface area (Å²) in [5.74, 6) is -1.35. The van der Waals surface area contributed by atoms with Crippen molar-refractivity contribution in [3.8, 4) is 0 Å². The Morgan fingerprint density at radius 3 is 2.82 bits per heavy atom. The smallest absolute Gasteiger partial charge is 0.317 e. The minimum atomic E-state index is -0.858. The largest absolute Gasteiger partial charge is 0.481 e. The average molecular weight is 345 g/mol. The van der Waals surface area contributed by atoms with Gasteiger partial charge in [0.05, 0.1) is 12.0 Å². The fourth-order valence-corrected chi connectivity index (χ4v) is 3.03. The van der Waals surface area contributed by atoms with E-state index in [0.29, 0.717) is 29.4 Å². The Hall–Kier alpha value is -1.46. The van der Waals surface area contributed by atoms with Crippen molar-refractivity contribution >= 4 is 35.2 Å². The van der Waals surface area contributed by atoms with Crippen LogP contribution in [0.5, 0.6) is 0 Å². The summed E-state index contributed by atoms with van der Waals surface area (Å²) in [4.78, 5) is 24.9. The first kappa shape index (κ1) is 16.9. The SMILES string of the molecule is C[C@H](NC(=O)N1CCCC(C(=O)O)C1)c1cc(Cl)ccc1Cl. The molecule has 5 nitrogen and oxygen atoms in total. The number of piperidine rings is 1. The van der Waals surface area contributed by atoms with Gasteiger partial charge in [0.15, 0.2) is 0 Å². The van der Waals surface area contributed by atoms with Crippen LogP contribution in [0.25, 0.3) is 0 Å². The van der Waals surface area contributed by atoms with E-state index in [2.05, 4.69) is 5.32 Å². The highest BCUT2D eigenvalue weighted by Gasteiger charge is 2.28. The number of carboxylic acid groups (broad SMARTS) is 1. The predicted octanol–water partition coefficient (Wildman–Crippen LogP) is 3.56. The van der Waals surface area contributed by atoms with Crippen molar-refractivity contribution in [2.75, 3.05) is 13.1 Å². The molecule has 0 aliphatic carbocycles. The quantitative estimate of drug-likeness (QED) is 0.880. The van der Waals surface area contributed by atoms with Crippen molar-refractivity contribution in [1.82, 2.24) is 10.2 Å². The summed E-state index contributed by atoms with van der Waals surface area (Å²) in [5, 5.41) is 13.0. The second-order valence-corrected chi connectivity index (χ2v) is 6.30. The monoisotopic (exact) mass is 344 g/mol. The van der Waals surface area contributed by atoms with Gasteiger partial charge in [-0.2, -0.15) is 0 Å². The number of nitrogens with one attached hydrogen (secondary N) is 1.